The van der Waals surface area contributed by atoms with Crippen molar-refractivity contribution in [2.45, 2.75) is 23.6 Å². The lowest BCUT2D eigenvalue weighted by Crippen LogP contribution is -1.98. The van der Waals surface area contributed by atoms with Crippen molar-refractivity contribution in [2.75, 3.05) is 0 Å². The highest BCUT2D eigenvalue weighted by Crippen LogP contribution is 2.38. The quantitative estimate of drug-likeness (QED) is 0.734. The fourth-order valence-corrected chi connectivity index (χ4v) is 2.95. The van der Waals surface area contributed by atoms with Gasteiger partial charge in [0.1, 0.15) is 0 Å². The molecule has 0 spiro atoms. The summed E-state index contributed by atoms with van der Waals surface area (Å²) < 4.78 is 7.52. The van der Waals surface area contributed by atoms with E-state index in [-0.39, 0.29) is 0 Å². The summed E-state index contributed by atoms with van der Waals surface area (Å²) in [4.78, 5) is 10.3. The first-order valence-electron chi connectivity index (χ1n) is 6.86. The van der Waals surface area contributed by atoms with Gasteiger partial charge in [-0.1, -0.05) is 29.5 Å². The van der Waals surface area contributed by atoms with Gasteiger partial charge in [0.15, 0.2) is 0 Å². The van der Waals surface area contributed by atoms with Crippen LogP contribution < -0.4 is 4.74 Å². The monoisotopic (exact) mass is 312 g/mol. The summed E-state index contributed by atoms with van der Waals surface area (Å²) in [5.74, 6) is 0.647. The Morgan fingerprint density at radius 2 is 1.73 bits per heavy atom. The van der Waals surface area contributed by atoms with Crippen molar-refractivity contribution < 1.29 is 4.74 Å². The third-order valence-electron chi connectivity index (χ3n) is 3.09. The number of hydrogen-bond acceptors (Lipinski definition) is 5. The number of nitrogens with zero attached hydrogens (tertiary/aromatic N) is 4. The number of benzene rings is 1. The molecule has 0 aliphatic rings. The van der Waals surface area contributed by atoms with Gasteiger partial charge in [-0.15, -0.1) is 0 Å². The summed E-state index contributed by atoms with van der Waals surface area (Å²) in [6.45, 7) is 4.04. The zero-order valence-corrected chi connectivity index (χ0v) is 13.5. The Kier molecular flexibility index (Phi) is 4.11. The summed E-state index contributed by atoms with van der Waals surface area (Å²) >= 11 is 1.63. The van der Waals surface area contributed by atoms with E-state index in [2.05, 4.69) is 46.3 Å². The Morgan fingerprint density at radius 3 is 2.41 bits per heavy atom. The molecule has 2 aromatic heterocycles. The van der Waals surface area contributed by atoms with Crippen LogP contribution in [0.15, 0.2) is 52.5 Å². The molecule has 0 saturated heterocycles. The standard InChI is InChI=1S/C16H16N4OS/c1-11-5-7-13(8-6-11)22-14-12(2)19-20(3)15(14)21-16-17-9-4-10-18-16/h4-10H,1-3H3. The van der Waals surface area contributed by atoms with Crippen LogP contribution in [0.5, 0.6) is 11.9 Å². The highest BCUT2D eigenvalue weighted by atomic mass is 32.2. The molecule has 0 N–H and O–H groups in total. The van der Waals surface area contributed by atoms with Crippen LogP contribution in [0.25, 0.3) is 0 Å². The molecule has 0 saturated carbocycles. The van der Waals surface area contributed by atoms with Gasteiger partial charge < -0.3 is 4.74 Å². The van der Waals surface area contributed by atoms with Crippen LogP contribution in [0.3, 0.4) is 0 Å². The van der Waals surface area contributed by atoms with Crippen molar-refractivity contribution in [1.82, 2.24) is 19.7 Å². The molecule has 0 aliphatic heterocycles. The minimum atomic E-state index is 0.316. The van der Waals surface area contributed by atoms with E-state index in [1.165, 1.54) is 5.56 Å². The van der Waals surface area contributed by atoms with E-state index in [9.17, 15) is 0 Å². The molecule has 22 heavy (non-hydrogen) atoms. The second kappa shape index (κ2) is 6.19. The summed E-state index contributed by atoms with van der Waals surface area (Å²) in [5, 5.41) is 4.44. The maximum atomic E-state index is 5.81. The number of hydrogen-bond donors (Lipinski definition) is 0. The van der Waals surface area contributed by atoms with Crippen molar-refractivity contribution in [3.63, 3.8) is 0 Å². The Bertz CT molecular complexity index is 769. The van der Waals surface area contributed by atoms with Crippen molar-refractivity contribution in [2.24, 2.45) is 7.05 Å². The average Bonchev–Trinajstić information content (AvgIpc) is 2.77. The largest absolute Gasteiger partial charge is 0.404 e. The first-order chi connectivity index (χ1) is 10.6. The fourth-order valence-electron chi connectivity index (χ4n) is 2.00. The van der Waals surface area contributed by atoms with E-state index < -0.39 is 0 Å². The first kappa shape index (κ1) is 14.6. The zero-order valence-electron chi connectivity index (χ0n) is 12.6. The molecular weight excluding hydrogens is 296 g/mol. The second-order valence-electron chi connectivity index (χ2n) is 4.89. The molecule has 0 bridgehead atoms. The van der Waals surface area contributed by atoms with Crippen molar-refractivity contribution in [1.29, 1.82) is 0 Å². The molecule has 0 radical (unpaired) electrons. The summed E-state index contributed by atoms with van der Waals surface area (Å²) in [5.41, 5.74) is 2.15. The normalized spacial score (nSPS) is 10.7. The van der Waals surface area contributed by atoms with E-state index in [1.807, 2.05) is 14.0 Å². The molecule has 2 heterocycles. The minimum Gasteiger partial charge on any atom is -0.404 e. The molecule has 0 amide bonds. The SMILES string of the molecule is Cc1ccc(Sc2c(C)nn(C)c2Oc2ncccn2)cc1. The van der Waals surface area contributed by atoms with Crippen LogP contribution in [0.1, 0.15) is 11.3 Å². The highest BCUT2D eigenvalue weighted by Gasteiger charge is 2.17. The predicted molar refractivity (Wildman–Crippen MR) is 85.4 cm³/mol. The lowest BCUT2D eigenvalue weighted by atomic mass is 10.2. The first-order valence-corrected chi connectivity index (χ1v) is 7.68. The lowest BCUT2D eigenvalue weighted by molar-refractivity contribution is 0.390. The maximum Gasteiger partial charge on any atom is 0.323 e. The topological polar surface area (TPSA) is 52.8 Å². The number of ether oxygens (including phenoxy) is 1. The molecule has 5 nitrogen and oxygen atoms in total. The van der Waals surface area contributed by atoms with Gasteiger partial charge in [-0.25, -0.2) is 14.6 Å². The molecule has 0 atom stereocenters. The van der Waals surface area contributed by atoms with Gasteiger partial charge >= 0.3 is 6.01 Å². The molecular formula is C16H16N4OS. The molecule has 3 aromatic rings. The van der Waals surface area contributed by atoms with E-state index in [0.717, 1.165) is 15.5 Å². The number of aryl methyl sites for hydroxylation is 3. The number of aromatic nitrogens is 4. The van der Waals surface area contributed by atoms with Gasteiger partial charge in [0.25, 0.3) is 0 Å². The van der Waals surface area contributed by atoms with Crippen molar-refractivity contribution in [3.8, 4) is 11.9 Å². The molecule has 3 rings (SSSR count). The Hall–Kier alpha value is -2.34. The Balaban J connectivity index is 1.92. The van der Waals surface area contributed by atoms with Crippen LogP contribution in [0, 0.1) is 13.8 Å². The third kappa shape index (κ3) is 3.12. The zero-order chi connectivity index (χ0) is 15.5. The summed E-state index contributed by atoms with van der Waals surface area (Å²) in [6.07, 6.45) is 3.30. The Labute approximate surface area is 133 Å². The van der Waals surface area contributed by atoms with Gasteiger partial charge in [0.2, 0.25) is 5.88 Å². The van der Waals surface area contributed by atoms with E-state index in [1.54, 1.807) is 34.9 Å². The van der Waals surface area contributed by atoms with Gasteiger partial charge in [0.05, 0.1) is 10.6 Å². The molecule has 1 aromatic carbocycles. The minimum absolute atomic E-state index is 0.316. The second-order valence-corrected chi connectivity index (χ2v) is 5.98. The van der Waals surface area contributed by atoms with Crippen LogP contribution in [0.4, 0.5) is 0 Å². The maximum absolute atomic E-state index is 5.81. The van der Waals surface area contributed by atoms with E-state index in [0.29, 0.717) is 11.9 Å². The molecule has 6 heteroatoms. The third-order valence-corrected chi connectivity index (χ3v) is 4.27. The van der Waals surface area contributed by atoms with Crippen molar-refractivity contribution >= 4 is 11.8 Å². The molecule has 0 unspecified atom stereocenters. The smallest absolute Gasteiger partial charge is 0.323 e. The van der Waals surface area contributed by atoms with Crippen LogP contribution in [-0.2, 0) is 7.05 Å². The van der Waals surface area contributed by atoms with Crippen LogP contribution in [-0.4, -0.2) is 19.7 Å². The van der Waals surface area contributed by atoms with Gasteiger partial charge in [0, 0.05) is 24.3 Å². The van der Waals surface area contributed by atoms with Crippen LogP contribution >= 0.6 is 11.8 Å². The fraction of sp³-hybridized carbons (Fsp3) is 0.188. The molecule has 0 fully saturated rings. The van der Waals surface area contributed by atoms with E-state index in [4.69, 9.17) is 4.74 Å². The highest BCUT2D eigenvalue weighted by molar-refractivity contribution is 7.99. The van der Waals surface area contributed by atoms with Gasteiger partial charge in [-0.3, -0.25) is 0 Å². The van der Waals surface area contributed by atoms with Gasteiger partial charge in [-0.2, -0.15) is 5.10 Å². The summed E-state index contributed by atoms with van der Waals surface area (Å²) in [7, 11) is 1.85. The molecule has 0 aliphatic carbocycles. The predicted octanol–water partition coefficient (Wildman–Crippen LogP) is 3.77. The average molecular weight is 312 g/mol. The van der Waals surface area contributed by atoms with Gasteiger partial charge in [-0.05, 0) is 32.0 Å². The van der Waals surface area contributed by atoms with Crippen molar-refractivity contribution in [3.05, 3.63) is 54.0 Å². The van der Waals surface area contributed by atoms with E-state index >= 15 is 0 Å². The Morgan fingerprint density at radius 1 is 1.05 bits per heavy atom. The van der Waals surface area contributed by atoms with Crippen LogP contribution in [0.2, 0.25) is 0 Å². The number of rotatable bonds is 4. The molecule has 112 valence electrons. The lowest BCUT2D eigenvalue weighted by Gasteiger charge is -2.07. The summed E-state index contributed by atoms with van der Waals surface area (Å²) in [6, 6.07) is 10.4.